The number of anilines is 1. The second-order valence-corrected chi connectivity index (χ2v) is 4.45. The molecule has 2 N–H and O–H groups in total. The van der Waals surface area contributed by atoms with Crippen LogP contribution >= 0.6 is 0 Å². The van der Waals surface area contributed by atoms with E-state index in [0.717, 1.165) is 29.9 Å². The number of rotatable bonds is 3. The molecule has 0 spiro atoms. The molecule has 1 heterocycles. The monoisotopic (exact) mass is 330 g/mol. The zero-order chi connectivity index (χ0) is 17.4. The number of phenols is 1. The number of carbonyl (C=O) groups is 1. The number of aromatic nitrogens is 2. The average Bonchev–Trinajstić information content (AvgIpc) is 2.83. The Morgan fingerprint density at radius 3 is 2.52 bits per heavy atom. The average molecular weight is 330 g/mol. The van der Waals surface area contributed by atoms with Gasteiger partial charge in [-0.3, -0.25) is 19.6 Å². The fourth-order valence-corrected chi connectivity index (χ4v) is 1.74. The van der Waals surface area contributed by atoms with Gasteiger partial charge in [-0.25, -0.2) is 0 Å². The number of nitrogens with zero attached hydrogens (tertiary/aromatic N) is 3. The summed E-state index contributed by atoms with van der Waals surface area (Å²) in [5.41, 5.74) is -2.22. The molecule has 2 aromatic rings. The molecule has 2 rings (SSSR count). The van der Waals surface area contributed by atoms with Crippen LogP contribution in [0.3, 0.4) is 0 Å². The normalized spacial score (nSPS) is 11.3. The summed E-state index contributed by atoms with van der Waals surface area (Å²) < 4.78 is 38.4. The molecule has 0 unspecified atom stereocenters. The molecule has 0 radical (unpaired) electrons. The van der Waals surface area contributed by atoms with E-state index in [1.54, 1.807) is 0 Å². The Balaban J connectivity index is 2.26. The first-order valence-electron chi connectivity index (χ1n) is 5.99. The molecule has 0 bridgehead atoms. The highest BCUT2D eigenvalue weighted by Crippen LogP contribution is 2.30. The number of benzene rings is 1. The number of nitrogens with one attached hydrogen (secondary N) is 1. The second-order valence-electron chi connectivity index (χ2n) is 4.45. The summed E-state index contributed by atoms with van der Waals surface area (Å²) in [7, 11) is 1.15. The minimum atomic E-state index is -4.70. The number of non-ortho nitro benzene ring substituents is 1. The van der Waals surface area contributed by atoms with Crippen LogP contribution in [0.2, 0.25) is 0 Å². The molecule has 1 aromatic carbocycles. The highest BCUT2D eigenvalue weighted by atomic mass is 19.4. The smallest absolute Gasteiger partial charge is 0.435 e. The van der Waals surface area contributed by atoms with Crippen LogP contribution < -0.4 is 5.32 Å². The predicted octanol–water partition coefficient (Wildman–Crippen LogP) is 2.31. The molecule has 0 saturated heterocycles. The summed E-state index contributed by atoms with van der Waals surface area (Å²) >= 11 is 0. The van der Waals surface area contributed by atoms with Gasteiger partial charge in [-0.1, -0.05) is 0 Å². The lowest BCUT2D eigenvalue weighted by Gasteiger charge is -2.07. The molecule has 1 amide bonds. The maximum Gasteiger partial charge on any atom is 0.435 e. The maximum atomic E-state index is 12.5. The highest BCUT2D eigenvalue weighted by Gasteiger charge is 2.35. The van der Waals surface area contributed by atoms with Gasteiger partial charge in [-0.2, -0.15) is 18.3 Å². The minimum Gasteiger partial charge on any atom is -0.506 e. The number of amides is 1. The number of nitro groups is 1. The van der Waals surface area contributed by atoms with Crippen molar-refractivity contribution < 1.29 is 28.0 Å². The van der Waals surface area contributed by atoms with Crippen LogP contribution in [0, 0.1) is 10.1 Å². The van der Waals surface area contributed by atoms with E-state index in [4.69, 9.17) is 0 Å². The van der Waals surface area contributed by atoms with Crippen LogP contribution in [-0.4, -0.2) is 25.7 Å². The second kappa shape index (κ2) is 5.59. The highest BCUT2D eigenvalue weighted by molar-refractivity contribution is 6.04. The lowest BCUT2D eigenvalue weighted by molar-refractivity contribution is -0.384. The summed E-state index contributed by atoms with van der Waals surface area (Å²) in [5, 5.41) is 25.5. The van der Waals surface area contributed by atoms with Gasteiger partial charge >= 0.3 is 6.18 Å². The van der Waals surface area contributed by atoms with Gasteiger partial charge in [0.1, 0.15) is 11.4 Å². The standard InChI is InChI=1S/C12H9F3N4O4/c1-18-8(5-10(17-18)12(13,14)15)11(21)16-7-3-2-6(19(22)23)4-9(7)20/h2-5,20H,1H3,(H,16,21). The molecule has 8 nitrogen and oxygen atoms in total. The fourth-order valence-electron chi connectivity index (χ4n) is 1.74. The lowest BCUT2D eigenvalue weighted by atomic mass is 10.2. The van der Waals surface area contributed by atoms with E-state index in [0.29, 0.717) is 6.07 Å². The number of hydrogen-bond donors (Lipinski definition) is 2. The largest absolute Gasteiger partial charge is 0.506 e. The number of hydrogen-bond acceptors (Lipinski definition) is 5. The van der Waals surface area contributed by atoms with E-state index in [9.17, 15) is 33.2 Å². The topological polar surface area (TPSA) is 110 Å². The van der Waals surface area contributed by atoms with E-state index in [2.05, 4.69) is 10.4 Å². The van der Waals surface area contributed by atoms with Crippen LogP contribution in [0.1, 0.15) is 16.2 Å². The van der Waals surface area contributed by atoms with Gasteiger partial charge in [0, 0.05) is 19.2 Å². The van der Waals surface area contributed by atoms with Gasteiger partial charge in [0.15, 0.2) is 5.69 Å². The SMILES string of the molecule is Cn1nc(C(F)(F)F)cc1C(=O)Nc1ccc([N+](=O)[O-])cc1O. The number of carbonyl (C=O) groups excluding carboxylic acids is 1. The number of nitro benzene ring substituents is 1. The number of aryl methyl sites for hydroxylation is 1. The first-order chi connectivity index (χ1) is 10.6. The summed E-state index contributed by atoms with van der Waals surface area (Å²) in [5.74, 6) is -1.55. The number of aromatic hydroxyl groups is 1. The zero-order valence-electron chi connectivity index (χ0n) is 11.5. The quantitative estimate of drug-likeness (QED) is 0.510. The molecule has 0 aliphatic rings. The molecule has 1 aromatic heterocycles. The van der Waals surface area contributed by atoms with Gasteiger partial charge in [-0.15, -0.1) is 0 Å². The molecule has 0 aliphatic heterocycles. The molecular formula is C12H9F3N4O4. The summed E-state index contributed by atoms with van der Waals surface area (Å²) in [4.78, 5) is 21.8. The maximum absolute atomic E-state index is 12.5. The van der Waals surface area contributed by atoms with Crippen molar-refractivity contribution in [3.63, 3.8) is 0 Å². The first kappa shape index (κ1) is 16.3. The van der Waals surface area contributed by atoms with Crippen LogP contribution in [0.5, 0.6) is 5.75 Å². The van der Waals surface area contributed by atoms with Crippen LogP contribution in [0.25, 0.3) is 0 Å². The number of alkyl halides is 3. The Labute approximate surface area is 126 Å². The summed E-state index contributed by atoms with van der Waals surface area (Å²) in [6.45, 7) is 0. The van der Waals surface area contributed by atoms with Gasteiger partial charge in [0.25, 0.3) is 11.6 Å². The van der Waals surface area contributed by atoms with Crippen LogP contribution in [0.4, 0.5) is 24.5 Å². The first-order valence-corrected chi connectivity index (χ1v) is 5.99. The van der Waals surface area contributed by atoms with Crippen molar-refractivity contribution in [2.45, 2.75) is 6.18 Å². The van der Waals surface area contributed by atoms with Gasteiger partial charge in [0.05, 0.1) is 16.7 Å². The number of phenolic OH excluding ortho intramolecular Hbond substituents is 1. The molecule has 0 aliphatic carbocycles. The lowest BCUT2D eigenvalue weighted by Crippen LogP contribution is -2.16. The van der Waals surface area contributed by atoms with E-state index in [1.165, 1.54) is 0 Å². The Morgan fingerprint density at radius 1 is 1.39 bits per heavy atom. The fraction of sp³-hybridized carbons (Fsp3) is 0.167. The van der Waals surface area contributed by atoms with Crippen molar-refractivity contribution in [2.24, 2.45) is 7.05 Å². The third kappa shape index (κ3) is 3.39. The molecule has 122 valence electrons. The van der Waals surface area contributed by atoms with E-state index >= 15 is 0 Å². The zero-order valence-corrected chi connectivity index (χ0v) is 11.5. The van der Waals surface area contributed by atoms with Gasteiger partial charge in [0.2, 0.25) is 0 Å². The van der Waals surface area contributed by atoms with E-state index in [1.807, 2.05) is 0 Å². The molecule has 0 saturated carbocycles. The molecule has 0 atom stereocenters. The third-order valence-corrected chi connectivity index (χ3v) is 2.84. The van der Waals surface area contributed by atoms with Crippen molar-refractivity contribution in [1.82, 2.24) is 9.78 Å². The van der Waals surface area contributed by atoms with Crippen LogP contribution in [0.15, 0.2) is 24.3 Å². The number of halogens is 3. The Hall–Kier alpha value is -3.11. The van der Waals surface area contributed by atoms with Gasteiger partial charge in [-0.05, 0) is 6.07 Å². The molecule has 23 heavy (non-hydrogen) atoms. The van der Waals surface area contributed by atoms with Crippen molar-refractivity contribution in [3.05, 3.63) is 45.8 Å². The van der Waals surface area contributed by atoms with Crippen molar-refractivity contribution >= 4 is 17.3 Å². The predicted molar refractivity (Wildman–Crippen MR) is 70.9 cm³/mol. The van der Waals surface area contributed by atoms with E-state index in [-0.39, 0.29) is 5.69 Å². The molecule has 0 fully saturated rings. The Kier molecular flexibility index (Phi) is 3.95. The molecular weight excluding hydrogens is 321 g/mol. The Morgan fingerprint density at radius 2 is 2.04 bits per heavy atom. The summed E-state index contributed by atoms with van der Waals surface area (Å²) in [6, 6.07) is 3.45. The van der Waals surface area contributed by atoms with Crippen molar-refractivity contribution in [1.29, 1.82) is 0 Å². The van der Waals surface area contributed by atoms with Crippen molar-refractivity contribution in [3.8, 4) is 5.75 Å². The minimum absolute atomic E-state index is 0.185. The van der Waals surface area contributed by atoms with Crippen LogP contribution in [-0.2, 0) is 13.2 Å². The van der Waals surface area contributed by atoms with E-state index < -0.39 is 39.8 Å². The molecule has 11 heteroatoms. The van der Waals surface area contributed by atoms with Gasteiger partial charge < -0.3 is 10.4 Å². The summed E-state index contributed by atoms with van der Waals surface area (Å²) in [6.07, 6.45) is -4.70. The third-order valence-electron chi connectivity index (χ3n) is 2.84. The Bertz CT molecular complexity index is 785. The van der Waals surface area contributed by atoms with Crippen molar-refractivity contribution in [2.75, 3.05) is 5.32 Å².